The average Bonchev–Trinajstić information content (AvgIpc) is 3.21. The Labute approximate surface area is 189 Å². The summed E-state index contributed by atoms with van der Waals surface area (Å²) in [5.74, 6) is -1.02. The highest BCUT2D eigenvalue weighted by atomic mass is 32.2. The van der Waals surface area contributed by atoms with E-state index in [1.54, 1.807) is 31.2 Å². The number of imide groups is 2. The van der Waals surface area contributed by atoms with Crippen LogP contribution in [-0.2, 0) is 19.6 Å². The van der Waals surface area contributed by atoms with Crippen molar-refractivity contribution in [2.45, 2.75) is 18.7 Å². The molecule has 1 aliphatic rings. The fourth-order valence-corrected chi connectivity index (χ4v) is 3.98. The van der Waals surface area contributed by atoms with Crippen LogP contribution < -0.4 is 15.4 Å². The van der Waals surface area contributed by atoms with Crippen molar-refractivity contribution >= 4 is 39.6 Å². The number of primary sulfonamides is 1. The number of carbonyl (C=O) groups is 3. The fourth-order valence-electron chi connectivity index (χ4n) is 3.47. The van der Waals surface area contributed by atoms with Crippen LogP contribution in [0.5, 0.6) is 0 Å². The van der Waals surface area contributed by atoms with Crippen LogP contribution in [-0.4, -0.2) is 26.3 Å². The van der Waals surface area contributed by atoms with Crippen LogP contribution in [0, 0.1) is 13.8 Å². The van der Waals surface area contributed by atoms with Gasteiger partial charge in [0.2, 0.25) is 10.0 Å². The van der Waals surface area contributed by atoms with Crippen molar-refractivity contribution in [2.75, 3.05) is 4.90 Å². The lowest BCUT2D eigenvalue weighted by Gasteiger charge is -2.27. The van der Waals surface area contributed by atoms with E-state index in [-0.39, 0.29) is 16.2 Å². The molecule has 0 spiro atoms. The Morgan fingerprint density at radius 2 is 1.67 bits per heavy atom. The Morgan fingerprint density at radius 1 is 0.970 bits per heavy atom. The molecule has 0 unspecified atom stereocenters. The number of hydrogen-bond acceptors (Lipinski definition) is 6. The van der Waals surface area contributed by atoms with Gasteiger partial charge in [0, 0.05) is 5.56 Å². The topological polar surface area (TPSA) is 140 Å². The first-order valence-electron chi connectivity index (χ1n) is 9.76. The van der Waals surface area contributed by atoms with Crippen molar-refractivity contribution in [2.24, 2.45) is 5.14 Å². The molecule has 33 heavy (non-hydrogen) atoms. The minimum Gasteiger partial charge on any atom is -0.457 e. The zero-order valence-electron chi connectivity index (χ0n) is 17.7. The first-order chi connectivity index (χ1) is 15.5. The summed E-state index contributed by atoms with van der Waals surface area (Å²) in [6, 6.07) is 13.3. The molecule has 9 nitrogen and oxygen atoms in total. The summed E-state index contributed by atoms with van der Waals surface area (Å²) in [7, 11) is -3.82. The van der Waals surface area contributed by atoms with Crippen LogP contribution in [0.25, 0.3) is 17.4 Å². The first-order valence-corrected chi connectivity index (χ1v) is 11.3. The molecule has 1 saturated heterocycles. The Kier molecular flexibility index (Phi) is 5.48. The summed E-state index contributed by atoms with van der Waals surface area (Å²) >= 11 is 0. The monoisotopic (exact) mass is 465 g/mol. The number of benzene rings is 2. The van der Waals surface area contributed by atoms with Crippen LogP contribution >= 0.6 is 0 Å². The van der Waals surface area contributed by atoms with E-state index in [1.807, 2.05) is 13.0 Å². The van der Waals surface area contributed by atoms with Gasteiger partial charge >= 0.3 is 6.03 Å². The van der Waals surface area contributed by atoms with E-state index in [0.717, 1.165) is 10.5 Å². The van der Waals surface area contributed by atoms with Gasteiger partial charge in [0.1, 0.15) is 17.1 Å². The molecule has 1 aliphatic heterocycles. The third kappa shape index (κ3) is 4.34. The minimum atomic E-state index is -3.82. The lowest BCUT2D eigenvalue weighted by atomic mass is 10.1. The van der Waals surface area contributed by atoms with Crippen molar-refractivity contribution in [3.63, 3.8) is 0 Å². The van der Waals surface area contributed by atoms with Gasteiger partial charge in [-0.05, 0) is 68.0 Å². The number of nitrogens with zero attached hydrogens (tertiary/aromatic N) is 1. The predicted molar refractivity (Wildman–Crippen MR) is 120 cm³/mol. The van der Waals surface area contributed by atoms with Gasteiger partial charge in [0.05, 0.1) is 10.6 Å². The molecule has 1 aromatic heterocycles. The van der Waals surface area contributed by atoms with Gasteiger partial charge in [-0.25, -0.2) is 23.3 Å². The van der Waals surface area contributed by atoms with Crippen LogP contribution in [0.15, 0.2) is 69.5 Å². The summed E-state index contributed by atoms with van der Waals surface area (Å²) < 4.78 is 28.5. The number of carbonyl (C=O) groups excluding carboxylic acids is 3. The fraction of sp³-hybridized carbons (Fsp3) is 0.0870. The summed E-state index contributed by atoms with van der Waals surface area (Å²) in [6.45, 7) is 3.66. The minimum absolute atomic E-state index is 0.0409. The van der Waals surface area contributed by atoms with Gasteiger partial charge < -0.3 is 4.42 Å². The number of nitrogens with one attached hydrogen (secondary N) is 1. The van der Waals surface area contributed by atoms with Crippen LogP contribution in [0.2, 0.25) is 0 Å². The molecule has 2 heterocycles. The molecule has 0 atom stereocenters. The van der Waals surface area contributed by atoms with Gasteiger partial charge in [-0.3, -0.25) is 14.9 Å². The first kappa shape index (κ1) is 22.2. The highest BCUT2D eigenvalue weighted by Gasteiger charge is 2.37. The summed E-state index contributed by atoms with van der Waals surface area (Å²) in [4.78, 5) is 38.7. The third-order valence-electron chi connectivity index (χ3n) is 5.08. The molecule has 4 rings (SSSR count). The maximum absolute atomic E-state index is 13.1. The highest BCUT2D eigenvalue weighted by molar-refractivity contribution is 7.89. The van der Waals surface area contributed by atoms with E-state index in [1.165, 1.54) is 30.3 Å². The molecule has 4 amide bonds. The molecule has 0 bridgehead atoms. The van der Waals surface area contributed by atoms with Crippen molar-refractivity contribution in [3.8, 4) is 11.3 Å². The number of sulfonamides is 1. The van der Waals surface area contributed by atoms with Gasteiger partial charge in [-0.1, -0.05) is 17.7 Å². The summed E-state index contributed by atoms with van der Waals surface area (Å²) in [6.07, 6.45) is 1.25. The lowest BCUT2D eigenvalue weighted by molar-refractivity contribution is -0.122. The second-order valence-electron chi connectivity index (χ2n) is 7.52. The number of furan rings is 1. The van der Waals surface area contributed by atoms with E-state index in [4.69, 9.17) is 9.56 Å². The molecular formula is C23H19N3O6S. The van der Waals surface area contributed by atoms with Crippen LogP contribution in [0.3, 0.4) is 0 Å². The quantitative estimate of drug-likeness (QED) is 0.449. The zero-order chi connectivity index (χ0) is 23.9. The second kappa shape index (κ2) is 8.15. The normalized spacial score (nSPS) is 15.8. The molecule has 3 N–H and O–H groups in total. The molecule has 1 fully saturated rings. The smallest absolute Gasteiger partial charge is 0.335 e. The number of urea groups is 1. The number of anilines is 1. The predicted octanol–water partition coefficient (Wildman–Crippen LogP) is 2.88. The Bertz CT molecular complexity index is 1440. The number of barbiturate groups is 1. The molecule has 0 aliphatic carbocycles. The third-order valence-corrected chi connectivity index (χ3v) is 6.00. The van der Waals surface area contributed by atoms with Crippen LogP contribution in [0.4, 0.5) is 10.5 Å². The standard InChI is InChI=1S/C23H19N3O6S/c1-13-3-9-19(14(2)11-13)26-22(28)18(21(27)25-23(26)29)12-16-6-10-20(32-16)15-4-7-17(8-5-15)33(24,30)31/h3-12H,1-2H3,(H2,24,30,31)(H,25,27,29). The maximum atomic E-state index is 13.1. The highest BCUT2D eigenvalue weighted by Crippen LogP contribution is 2.28. The summed E-state index contributed by atoms with van der Waals surface area (Å²) in [5.41, 5.74) is 2.35. The zero-order valence-corrected chi connectivity index (χ0v) is 18.5. The number of hydrogen-bond donors (Lipinski definition) is 2. The molecule has 2 aromatic carbocycles. The number of amides is 4. The van der Waals surface area contributed by atoms with Crippen molar-refractivity contribution in [1.82, 2.24) is 5.32 Å². The van der Waals surface area contributed by atoms with E-state index >= 15 is 0 Å². The van der Waals surface area contributed by atoms with E-state index in [9.17, 15) is 22.8 Å². The van der Waals surface area contributed by atoms with Gasteiger partial charge in [0.25, 0.3) is 11.8 Å². The van der Waals surface area contributed by atoms with E-state index in [2.05, 4.69) is 5.32 Å². The maximum Gasteiger partial charge on any atom is 0.335 e. The molecular weight excluding hydrogens is 446 g/mol. The Balaban J connectivity index is 1.66. The SMILES string of the molecule is Cc1ccc(N2C(=O)NC(=O)C(=Cc3ccc(-c4ccc(S(N)(=O)=O)cc4)o3)C2=O)c(C)c1. The molecule has 10 heteroatoms. The van der Waals surface area contributed by atoms with E-state index in [0.29, 0.717) is 22.6 Å². The molecule has 3 aromatic rings. The molecule has 0 saturated carbocycles. The molecule has 0 radical (unpaired) electrons. The van der Waals surface area contributed by atoms with Gasteiger partial charge in [-0.15, -0.1) is 0 Å². The van der Waals surface area contributed by atoms with E-state index < -0.39 is 27.9 Å². The van der Waals surface area contributed by atoms with Gasteiger partial charge in [0.15, 0.2) is 0 Å². The largest absolute Gasteiger partial charge is 0.457 e. The summed E-state index contributed by atoms with van der Waals surface area (Å²) in [5, 5.41) is 7.28. The Morgan fingerprint density at radius 3 is 2.30 bits per heavy atom. The van der Waals surface area contributed by atoms with Crippen molar-refractivity contribution < 1.29 is 27.2 Å². The van der Waals surface area contributed by atoms with Gasteiger partial charge in [-0.2, -0.15) is 0 Å². The lowest BCUT2D eigenvalue weighted by Crippen LogP contribution is -2.54. The number of rotatable bonds is 4. The number of aryl methyl sites for hydroxylation is 2. The van der Waals surface area contributed by atoms with Crippen molar-refractivity contribution in [1.29, 1.82) is 0 Å². The average molecular weight is 465 g/mol. The second-order valence-corrected chi connectivity index (χ2v) is 9.08. The number of nitrogens with two attached hydrogens (primary N) is 1. The Hall–Kier alpha value is -4.02. The molecule has 168 valence electrons. The van der Waals surface area contributed by atoms with Crippen LogP contribution in [0.1, 0.15) is 16.9 Å². The van der Waals surface area contributed by atoms with Crippen molar-refractivity contribution in [3.05, 3.63) is 77.1 Å².